The Labute approximate surface area is 88.0 Å². The van der Waals surface area contributed by atoms with Crippen LogP contribution in [0.4, 0.5) is 0 Å². The third kappa shape index (κ3) is 5.54. The van der Waals surface area contributed by atoms with Gasteiger partial charge in [-0.05, 0) is 40.7 Å². The Bertz CT molecular complexity index is 131. The number of nitrogens with zero attached hydrogens (tertiary/aromatic N) is 2. The number of hydrogen-bond donors (Lipinski definition) is 1. The maximum Gasteiger partial charge on any atom is 0.0856 e. The van der Waals surface area contributed by atoms with Crippen molar-refractivity contribution < 1.29 is 4.74 Å². The first-order valence-electron chi connectivity index (χ1n) is 5.28. The minimum Gasteiger partial charge on any atom is -0.378 e. The zero-order chi connectivity index (χ0) is 11.0. The van der Waals surface area contributed by atoms with Gasteiger partial charge in [0, 0.05) is 6.61 Å². The molecular formula is C10H25N3O. The predicted molar refractivity (Wildman–Crippen MR) is 60.3 cm³/mol. The number of rotatable bonds is 8. The molecule has 0 aliphatic carbocycles. The van der Waals surface area contributed by atoms with Crippen LogP contribution in [0.5, 0.6) is 0 Å². The Kier molecular flexibility index (Phi) is 8.08. The summed E-state index contributed by atoms with van der Waals surface area (Å²) in [7, 11) is 6.25. The van der Waals surface area contributed by atoms with E-state index in [1.165, 1.54) is 0 Å². The standard InChI is InChI=1S/C10H25N3O/c1-5-13(4)10(12(2)3)9-14-8-6-7-11/h10H,5-9,11H2,1-4H3. The third-order valence-corrected chi connectivity index (χ3v) is 2.36. The summed E-state index contributed by atoms with van der Waals surface area (Å²) in [6.07, 6.45) is 1.30. The molecule has 0 aliphatic heterocycles. The lowest BCUT2D eigenvalue weighted by Gasteiger charge is -2.32. The van der Waals surface area contributed by atoms with E-state index in [1.54, 1.807) is 0 Å². The number of likely N-dealkylation sites (N-methyl/N-ethyl adjacent to an activating group) is 2. The number of hydrogen-bond acceptors (Lipinski definition) is 4. The second-order valence-corrected chi connectivity index (χ2v) is 3.73. The SMILES string of the molecule is CCN(C)C(COCCCN)N(C)C. The van der Waals surface area contributed by atoms with Gasteiger partial charge >= 0.3 is 0 Å². The zero-order valence-corrected chi connectivity index (χ0v) is 9.99. The summed E-state index contributed by atoms with van der Waals surface area (Å²) in [6.45, 7) is 5.39. The largest absolute Gasteiger partial charge is 0.378 e. The lowest BCUT2D eigenvalue weighted by atomic mass is 10.4. The van der Waals surface area contributed by atoms with E-state index in [0.29, 0.717) is 12.7 Å². The van der Waals surface area contributed by atoms with E-state index in [-0.39, 0.29) is 0 Å². The Morgan fingerprint density at radius 1 is 1.29 bits per heavy atom. The Hall–Kier alpha value is -0.160. The van der Waals surface area contributed by atoms with Crippen molar-refractivity contribution in [3.63, 3.8) is 0 Å². The van der Waals surface area contributed by atoms with Crippen LogP contribution in [-0.2, 0) is 4.74 Å². The average molecular weight is 203 g/mol. The van der Waals surface area contributed by atoms with Crippen LogP contribution in [0.25, 0.3) is 0 Å². The van der Waals surface area contributed by atoms with Crippen LogP contribution in [-0.4, -0.2) is 63.4 Å². The maximum atomic E-state index is 5.56. The number of ether oxygens (including phenoxy) is 1. The molecule has 1 atom stereocenters. The van der Waals surface area contributed by atoms with Crippen LogP contribution < -0.4 is 5.73 Å². The van der Waals surface area contributed by atoms with Gasteiger partial charge in [-0.2, -0.15) is 0 Å². The van der Waals surface area contributed by atoms with Crippen LogP contribution in [0, 0.1) is 0 Å². The fourth-order valence-corrected chi connectivity index (χ4v) is 1.26. The summed E-state index contributed by atoms with van der Waals surface area (Å²) in [5, 5.41) is 0. The quantitative estimate of drug-likeness (QED) is 0.452. The molecule has 0 saturated carbocycles. The Balaban J connectivity index is 3.74. The molecule has 0 aromatic heterocycles. The van der Waals surface area contributed by atoms with Crippen molar-refractivity contribution in [3.05, 3.63) is 0 Å². The molecule has 0 saturated heterocycles. The highest BCUT2D eigenvalue weighted by Gasteiger charge is 2.15. The minimum atomic E-state index is 0.359. The van der Waals surface area contributed by atoms with E-state index in [0.717, 1.165) is 26.2 Å². The molecule has 0 heterocycles. The molecule has 0 fully saturated rings. The van der Waals surface area contributed by atoms with E-state index in [9.17, 15) is 0 Å². The van der Waals surface area contributed by atoms with Crippen molar-refractivity contribution in [3.8, 4) is 0 Å². The summed E-state index contributed by atoms with van der Waals surface area (Å²) in [4.78, 5) is 4.44. The molecule has 86 valence electrons. The molecule has 0 aromatic carbocycles. The smallest absolute Gasteiger partial charge is 0.0856 e. The van der Waals surface area contributed by atoms with Crippen molar-refractivity contribution >= 4 is 0 Å². The molecule has 4 heteroatoms. The van der Waals surface area contributed by atoms with E-state index < -0.39 is 0 Å². The molecule has 4 nitrogen and oxygen atoms in total. The van der Waals surface area contributed by atoms with Gasteiger partial charge in [-0.15, -0.1) is 0 Å². The molecule has 0 amide bonds. The van der Waals surface area contributed by atoms with Gasteiger partial charge in [0.2, 0.25) is 0 Å². The lowest BCUT2D eigenvalue weighted by molar-refractivity contribution is 0.00887. The molecule has 0 radical (unpaired) electrons. The molecule has 2 N–H and O–H groups in total. The maximum absolute atomic E-state index is 5.56. The van der Waals surface area contributed by atoms with Gasteiger partial charge in [0.1, 0.15) is 0 Å². The van der Waals surface area contributed by atoms with E-state index in [4.69, 9.17) is 10.5 Å². The average Bonchev–Trinajstić information content (AvgIpc) is 2.16. The van der Waals surface area contributed by atoms with Crippen molar-refractivity contribution in [2.24, 2.45) is 5.73 Å². The lowest BCUT2D eigenvalue weighted by Crippen LogP contribution is -2.46. The van der Waals surface area contributed by atoms with Gasteiger partial charge in [-0.1, -0.05) is 6.92 Å². The van der Waals surface area contributed by atoms with Crippen molar-refractivity contribution in [2.45, 2.75) is 19.5 Å². The molecule has 0 bridgehead atoms. The fourth-order valence-electron chi connectivity index (χ4n) is 1.26. The topological polar surface area (TPSA) is 41.7 Å². The molecule has 0 rings (SSSR count). The van der Waals surface area contributed by atoms with Crippen LogP contribution >= 0.6 is 0 Å². The van der Waals surface area contributed by atoms with Crippen LogP contribution in [0.3, 0.4) is 0 Å². The highest BCUT2D eigenvalue weighted by molar-refractivity contribution is 4.63. The highest BCUT2D eigenvalue weighted by Crippen LogP contribution is 2.00. The normalized spacial score (nSPS) is 13.9. The summed E-state index contributed by atoms with van der Waals surface area (Å²) in [6, 6.07) is 0. The summed E-state index contributed by atoms with van der Waals surface area (Å²) >= 11 is 0. The van der Waals surface area contributed by atoms with Gasteiger partial charge in [-0.25, -0.2) is 0 Å². The van der Waals surface area contributed by atoms with Gasteiger partial charge < -0.3 is 10.5 Å². The first-order chi connectivity index (χ1) is 6.63. The van der Waals surface area contributed by atoms with Gasteiger partial charge in [0.05, 0.1) is 12.8 Å². The molecule has 0 aliphatic rings. The van der Waals surface area contributed by atoms with E-state index >= 15 is 0 Å². The molecule has 1 unspecified atom stereocenters. The summed E-state index contributed by atoms with van der Waals surface area (Å²) in [5.74, 6) is 0. The first-order valence-corrected chi connectivity index (χ1v) is 5.28. The van der Waals surface area contributed by atoms with Gasteiger partial charge in [-0.3, -0.25) is 9.80 Å². The Morgan fingerprint density at radius 3 is 2.36 bits per heavy atom. The summed E-state index contributed by atoms with van der Waals surface area (Å²) < 4.78 is 5.56. The fraction of sp³-hybridized carbons (Fsp3) is 1.00. The zero-order valence-electron chi connectivity index (χ0n) is 9.99. The second-order valence-electron chi connectivity index (χ2n) is 3.73. The third-order valence-electron chi connectivity index (χ3n) is 2.36. The van der Waals surface area contributed by atoms with E-state index in [2.05, 4.69) is 37.9 Å². The highest BCUT2D eigenvalue weighted by atomic mass is 16.5. The van der Waals surface area contributed by atoms with Crippen molar-refractivity contribution in [1.82, 2.24) is 9.80 Å². The van der Waals surface area contributed by atoms with Gasteiger partial charge in [0.25, 0.3) is 0 Å². The monoisotopic (exact) mass is 203 g/mol. The Morgan fingerprint density at radius 2 is 1.93 bits per heavy atom. The molecule has 14 heavy (non-hydrogen) atoms. The molecule has 0 spiro atoms. The van der Waals surface area contributed by atoms with Gasteiger partial charge in [0.15, 0.2) is 0 Å². The van der Waals surface area contributed by atoms with Crippen molar-refractivity contribution in [1.29, 1.82) is 0 Å². The first kappa shape index (κ1) is 13.8. The number of nitrogens with two attached hydrogens (primary N) is 1. The van der Waals surface area contributed by atoms with Crippen LogP contribution in [0.15, 0.2) is 0 Å². The van der Waals surface area contributed by atoms with E-state index in [1.807, 2.05) is 0 Å². The second kappa shape index (κ2) is 8.17. The van der Waals surface area contributed by atoms with Crippen LogP contribution in [0.2, 0.25) is 0 Å². The van der Waals surface area contributed by atoms with Crippen molar-refractivity contribution in [2.75, 3.05) is 47.4 Å². The van der Waals surface area contributed by atoms with Crippen LogP contribution in [0.1, 0.15) is 13.3 Å². The predicted octanol–water partition coefficient (Wildman–Crippen LogP) is 0.191. The molecular weight excluding hydrogens is 178 g/mol. The minimum absolute atomic E-state index is 0.359. The summed E-state index contributed by atoms with van der Waals surface area (Å²) in [5.41, 5.74) is 5.39. The molecule has 0 aromatic rings.